The van der Waals surface area contributed by atoms with Gasteiger partial charge in [0.15, 0.2) is 0 Å². The number of aromatic nitrogens is 3. The van der Waals surface area contributed by atoms with Crippen molar-refractivity contribution in [2.75, 3.05) is 31.5 Å². The smallest absolute Gasteiger partial charge is 0.312 e. The largest absolute Gasteiger partial charge is 0.506 e. The lowest BCUT2D eigenvalue weighted by Crippen LogP contribution is -2.43. The average molecular weight is 424 g/mol. The fourth-order valence-corrected chi connectivity index (χ4v) is 4.04. The van der Waals surface area contributed by atoms with Crippen LogP contribution in [-0.2, 0) is 6.54 Å². The van der Waals surface area contributed by atoms with Gasteiger partial charge in [0.1, 0.15) is 11.4 Å². The number of primary amides is 1. The molecule has 3 aromatic rings. The molecule has 2 aromatic heterocycles. The number of likely N-dealkylation sites (tertiary alicyclic amines) is 1. The predicted molar refractivity (Wildman–Crippen MR) is 120 cm³/mol. The summed E-state index contributed by atoms with van der Waals surface area (Å²) in [6.45, 7) is 5.61. The van der Waals surface area contributed by atoms with E-state index in [1.165, 1.54) is 0 Å². The Morgan fingerprint density at radius 1 is 1.19 bits per heavy atom. The summed E-state index contributed by atoms with van der Waals surface area (Å²) in [5.41, 5.74) is 8.53. The highest BCUT2D eigenvalue weighted by atomic mass is 16.3. The van der Waals surface area contributed by atoms with Gasteiger partial charge >= 0.3 is 6.03 Å². The number of aromatic hydroxyl groups is 1. The number of aryl methyl sites for hydroxylation is 1. The van der Waals surface area contributed by atoms with Crippen LogP contribution in [0.3, 0.4) is 0 Å². The molecular weight excluding hydrogens is 394 g/mol. The van der Waals surface area contributed by atoms with Crippen molar-refractivity contribution < 1.29 is 9.90 Å². The number of pyridine rings is 1. The van der Waals surface area contributed by atoms with Crippen LogP contribution in [0, 0.1) is 6.92 Å². The van der Waals surface area contributed by atoms with Gasteiger partial charge in [-0.3, -0.25) is 4.98 Å². The number of amides is 2. The van der Waals surface area contributed by atoms with Gasteiger partial charge in [-0.2, -0.15) is 0 Å². The molecular formula is C22H29N7O2. The van der Waals surface area contributed by atoms with Gasteiger partial charge in [-0.1, -0.05) is 12.1 Å². The van der Waals surface area contributed by atoms with Crippen LogP contribution in [0.15, 0.2) is 36.4 Å². The molecule has 0 bridgehead atoms. The van der Waals surface area contributed by atoms with E-state index in [-0.39, 0.29) is 5.75 Å². The number of fused-ring (bicyclic) bond motifs is 1. The molecule has 9 heteroatoms. The van der Waals surface area contributed by atoms with Gasteiger partial charge < -0.3 is 30.9 Å². The molecule has 4 rings (SSSR count). The molecule has 0 radical (unpaired) electrons. The first-order chi connectivity index (χ1) is 15.0. The van der Waals surface area contributed by atoms with E-state index in [2.05, 4.69) is 25.1 Å². The zero-order valence-corrected chi connectivity index (χ0v) is 17.7. The lowest BCUT2D eigenvalue weighted by atomic mass is 10.1. The van der Waals surface area contributed by atoms with Gasteiger partial charge in [0.2, 0.25) is 5.95 Å². The number of nitrogens with one attached hydrogen (secondary N) is 2. The van der Waals surface area contributed by atoms with Crippen molar-refractivity contribution in [3.8, 4) is 5.75 Å². The molecule has 1 aliphatic heterocycles. The molecule has 0 unspecified atom stereocenters. The van der Waals surface area contributed by atoms with Crippen molar-refractivity contribution in [1.29, 1.82) is 0 Å². The Morgan fingerprint density at radius 2 is 1.97 bits per heavy atom. The van der Waals surface area contributed by atoms with E-state index >= 15 is 0 Å². The molecule has 1 fully saturated rings. The Kier molecular flexibility index (Phi) is 6.22. The highest BCUT2D eigenvalue weighted by Gasteiger charge is 2.22. The van der Waals surface area contributed by atoms with Gasteiger partial charge in [-0.25, -0.2) is 9.78 Å². The number of hydrogen-bond acceptors (Lipinski definition) is 6. The van der Waals surface area contributed by atoms with Crippen LogP contribution in [0.4, 0.5) is 10.7 Å². The number of carbonyl (C=O) groups is 1. The number of hydrogen-bond donors (Lipinski definition) is 4. The normalized spacial score (nSPS) is 15.3. The van der Waals surface area contributed by atoms with E-state index in [4.69, 9.17) is 10.7 Å². The van der Waals surface area contributed by atoms with E-state index in [0.717, 1.165) is 55.2 Å². The van der Waals surface area contributed by atoms with Crippen LogP contribution in [0.25, 0.3) is 11.0 Å². The molecule has 1 saturated heterocycles. The second-order valence-corrected chi connectivity index (χ2v) is 7.98. The SMILES string of the molecule is Cc1ccc(O)c(Cn2c(NC3CCN(CCNC(N)=O)CC3)nc3ccccc32)n1. The first-order valence-electron chi connectivity index (χ1n) is 10.6. The molecule has 1 aliphatic rings. The van der Waals surface area contributed by atoms with Crippen molar-refractivity contribution in [1.82, 2.24) is 24.8 Å². The number of carbonyl (C=O) groups excluding carboxylic acids is 1. The first-order valence-corrected chi connectivity index (χ1v) is 10.6. The van der Waals surface area contributed by atoms with E-state index in [1.807, 2.05) is 31.2 Å². The number of para-hydroxylation sites is 2. The van der Waals surface area contributed by atoms with Crippen LogP contribution in [0.5, 0.6) is 5.75 Å². The number of benzene rings is 1. The fourth-order valence-electron chi connectivity index (χ4n) is 4.04. The predicted octanol–water partition coefficient (Wildman–Crippen LogP) is 2.04. The monoisotopic (exact) mass is 423 g/mol. The molecule has 1 aromatic carbocycles. The van der Waals surface area contributed by atoms with Gasteiger partial charge in [0.05, 0.1) is 17.6 Å². The molecule has 0 spiro atoms. The van der Waals surface area contributed by atoms with Gasteiger partial charge in [-0.15, -0.1) is 0 Å². The average Bonchev–Trinajstić information content (AvgIpc) is 3.09. The molecule has 0 aliphatic carbocycles. The third-order valence-corrected chi connectivity index (χ3v) is 5.70. The summed E-state index contributed by atoms with van der Waals surface area (Å²) in [6, 6.07) is 11.3. The summed E-state index contributed by atoms with van der Waals surface area (Å²) in [7, 11) is 0. The maximum absolute atomic E-state index is 10.8. The number of piperidine rings is 1. The Morgan fingerprint density at radius 3 is 2.74 bits per heavy atom. The molecule has 0 saturated carbocycles. The number of imidazole rings is 1. The van der Waals surface area contributed by atoms with Crippen molar-refractivity contribution >= 4 is 23.0 Å². The molecule has 31 heavy (non-hydrogen) atoms. The molecule has 5 N–H and O–H groups in total. The lowest BCUT2D eigenvalue weighted by molar-refractivity contribution is 0.215. The minimum absolute atomic E-state index is 0.187. The van der Waals surface area contributed by atoms with E-state index in [1.54, 1.807) is 12.1 Å². The zero-order valence-electron chi connectivity index (χ0n) is 17.7. The van der Waals surface area contributed by atoms with E-state index in [0.29, 0.717) is 24.8 Å². The quantitative estimate of drug-likeness (QED) is 0.461. The van der Waals surface area contributed by atoms with Gasteiger partial charge in [-0.05, 0) is 44.0 Å². The maximum atomic E-state index is 10.8. The van der Waals surface area contributed by atoms with Crippen LogP contribution >= 0.6 is 0 Å². The summed E-state index contributed by atoms with van der Waals surface area (Å²) in [5.74, 6) is 0.977. The third kappa shape index (κ3) is 5.05. The Balaban J connectivity index is 1.48. The van der Waals surface area contributed by atoms with Crippen LogP contribution in [-0.4, -0.2) is 62.8 Å². The molecule has 0 atom stereocenters. The van der Waals surface area contributed by atoms with Crippen molar-refractivity contribution in [3.05, 3.63) is 47.8 Å². The van der Waals surface area contributed by atoms with Gasteiger partial charge in [0.25, 0.3) is 0 Å². The number of nitrogens with two attached hydrogens (primary N) is 1. The number of rotatable bonds is 7. The Hall–Kier alpha value is -3.33. The second kappa shape index (κ2) is 9.22. The lowest BCUT2D eigenvalue weighted by Gasteiger charge is -2.32. The van der Waals surface area contributed by atoms with Crippen LogP contribution in [0.2, 0.25) is 0 Å². The van der Waals surface area contributed by atoms with Crippen molar-refractivity contribution in [3.63, 3.8) is 0 Å². The molecule has 2 amide bonds. The number of nitrogens with zero attached hydrogens (tertiary/aromatic N) is 4. The second-order valence-electron chi connectivity index (χ2n) is 7.98. The standard InChI is InChI=1S/C22H29N7O2/c1-15-6-7-20(30)18(25-15)14-29-19-5-3-2-4-17(19)27-22(29)26-16-8-11-28(12-9-16)13-10-24-21(23)31/h2-7,16,30H,8-14H2,1H3,(H,26,27)(H3,23,24,31). The summed E-state index contributed by atoms with van der Waals surface area (Å²) in [6.07, 6.45) is 1.96. The Labute approximate surface area is 181 Å². The van der Waals surface area contributed by atoms with E-state index < -0.39 is 6.03 Å². The summed E-state index contributed by atoms with van der Waals surface area (Å²) >= 11 is 0. The maximum Gasteiger partial charge on any atom is 0.312 e. The zero-order chi connectivity index (χ0) is 21.8. The van der Waals surface area contributed by atoms with Crippen molar-refractivity contribution in [2.45, 2.75) is 32.4 Å². The van der Waals surface area contributed by atoms with E-state index in [9.17, 15) is 9.90 Å². The third-order valence-electron chi connectivity index (χ3n) is 5.70. The number of urea groups is 1. The molecule has 164 valence electrons. The van der Waals surface area contributed by atoms with Crippen molar-refractivity contribution in [2.24, 2.45) is 5.73 Å². The molecule has 9 nitrogen and oxygen atoms in total. The van der Waals surface area contributed by atoms with Gasteiger partial charge in [0, 0.05) is 37.9 Å². The fraction of sp³-hybridized carbons (Fsp3) is 0.409. The minimum Gasteiger partial charge on any atom is -0.506 e. The van der Waals surface area contributed by atoms with Crippen LogP contribution in [0.1, 0.15) is 24.2 Å². The molecule has 3 heterocycles. The summed E-state index contributed by atoms with van der Waals surface area (Å²) in [4.78, 5) is 22.5. The summed E-state index contributed by atoms with van der Waals surface area (Å²) in [5, 5.41) is 16.6. The summed E-state index contributed by atoms with van der Waals surface area (Å²) < 4.78 is 2.08. The first kappa shape index (κ1) is 20.9. The highest BCUT2D eigenvalue weighted by Crippen LogP contribution is 2.25. The topological polar surface area (TPSA) is 121 Å². The minimum atomic E-state index is -0.482. The highest BCUT2D eigenvalue weighted by molar-refractivity contribution is 5.78. The number of anilines is 1. The Bertz CT molecular complexity index is 1060. The van der Waals surface area contributed by atoms with Crippen LogP contribution < -0.4 is 16.4 Å².